The maximum absolute atomic E-state index is 14.1. The zero-order valence-electron chi connectivity index (χ0n) is 18.5. The molecule has 33 heavy (non-hydrogen) atoms. The molecule has 1 fully saturated rings. The SMILES string of the molecule is CCN1CCN(C(=O)c2ccc[nH]c2=O)C[C@H](Cc2ccc(-c3ccccc3F)cc2)C1=O. The van der Waals surface area contributed by atoms with Gasteiger partial charge in [-0.3, -0.25) is 14.4 Å². The highest BCUT2D eigenvalue weighted by Gasteiger charge is 2.32. The maximum atomic E-state index is 14.1. The first kappa shape index (κ1) is 22.5. The fourth-order valence-electron chi connectivity index (χ4n) is 4.26. The van der Waals surface area contributed by atoms with Crippen LogP contribution in [0.4, 0.5) is 4.39 Å². The molecule has 1 aliphatic heterocycles. The second-order valence-electron chi connectivity index (χ2n) is 8.16. The Kier molecular flexibility index (Phi) is 6.68. The fraction of sp³-hybridized carbons (Fsp3) is 0.269. The quantitative estimate of drug-likeness (QED) is 0.652. The van der Waals surface area contributed by atoms with E-state index in [0.29, 0.717) is 31.6 Å². The van der Waals surface area contributed by atoms with Gasteiger partial charge in [0.2, 0.25) is 5.91 Å². The number of pyridine rings is 1. The Balaban J connectivity index is 1.56. The zero-order chi connectivity index (χ0) is 23.4. The largest absolute Gasteiger partial charge is 0.341 e. The summed E-state index contributed by atoms with van der Waals surface area (Å²) in [5.74, 6) is -1.10. The van der Waals surface area contributed by atoms with Crippen molar-refractivity contribution in [2.24, 2.45) is 5.92 Å². The molecule has 0 spiro atoms. The van der Waals surface area contributed by atoms with Gasteiger partial charge in [-0.2, -0.15) is 0 Å². The van der Waals surface area contributed by atoms with E-state index >= 15 is 0 Å². The molecule has 7 heteroatoms. The Morgan fingerprint density at radius 3 is 2.48 bits per heavy atom. The van der Waals surface area contributed by atoms with Crippen molar-refractivity contribution < 1.29 is 14.0 Å². The highest BCUT2D eigenvalue weighted by atomic mass is 19.1. The predicted molar refractivity (Wildman–Crippen MR) is 124 cm³/mol. The lowest BCUT2D eigenvalue weighted by Gasteiger charge is -2.23. The minimum atomic E-state index is -0.439. The molecule has 4 rings (SSSR count). The van der Waals surface area contributed by atoms with Crippen LogP contribution >= 0.6 is 0 Å². The third-order valence-corrected chi connectivity index (χ3v) is 6.08. The van der Waals surface area contributed by atoms with E-state index < -0.39 is 11.5 Å². The molecule has 0 saturated carbocycles. The van der Waals surface area contributed by atoms with Crippen LogP contribution in [0, 0.1) is 11.7 Å². The summed E-state index contributed by atoms with van der Waals surface area (Å²) in [4.78, 5) is 44.2. The third kappa shape index (κ3) is 4.87. The molecule has 1 saturated heterocycles. The number of carbonyl (C=O) groups is 2. The van der Waals surface area contributed by atoms with Crippen molar-refractivity contribution in [3.05, 3.63) is 94.2 Å². The summed E-state index contributed by atoms with van der Waals surface area (Å²) in [5, 5.41) is 0. The van der Waals surface area contributed by atoms with E-state index in [2.05, 4.69) is 4.98 Å². The first-order valence-corrected chi connectivity index (χ1v) is 11.1. The number of H-pyrrole nitrogens is 1. The van der Waals surface area contributed by atoms with Crippen LogP contribution in [-0.4, -0.2) is 52.8 Å². The summed E-state index contributed by atoms with van der Waals surface area (Å²) in [7, 11) is 0. The molecule has 2 aromatic carbocycles. The number of aromatic nitrogens is 1. The van der Waals surface area contributed by atoms with Gasteiger partial charge in [0.1, 0.15) is 11.4 Å². The summed E-state index contributed by atoms with van der Waals surface area (Å²) in [6.45, 7) is 3.49. The molecule has 1 N–H and O–H groups in total. The minimum absolute atomic E-state index is 0.00653. The van der Waals surface area contributed by atoms with Gasteiger partial charge in [0.15, 0.2) is 0 Å². The number of benzene rings is 2. The van der Waals surface area contributed by atoms with Crippen LogP contribution in [0.1, 0.15) is 22.8 Å². The lowest BCUT2D eigenvalue weighted by molar-refractivity contribution is -0.134. The average molecular weight is 448 g/mol. The van der Waals surface area contributed by atoms with E-state index in [-0.39, 0.29) is 29.7 Å². The number of likely N-dealkylation sites (N-methyl/N-ethyl adjacent to an activating group) is 1. The van der Waals surface area contributed by atoms with E-state index in [4.69, 9.17) is 0 Å². The van der Waals surface area contributed by atoms with Crippen molar-refractivity contribution in [2.45, 2.75) is 13.3 Å². The fourth-order valence-corrected chi connectivity index (χ4v) is 4.26. The van der Waals surface area contributed by atoms with Crippen LogP contribution in [0.5, 0.6) is 0 Å². The maximum Gasteiger partial charge on any atom is 0.260 e. The number of nitrogens with zero attached hydrogens (tertiary/aromatic N) is 2. The number of rotatable bonds is 5. The van der Waals surface area contributed by atoms with Gasteiger partial charge >= 0.3 is 0 Å². The Hall–Kier alpha value is -3.74. The van der Waals surface area contributed by atoms with Gasteiger partial charge in [0, 0.05) is 37.9 Å². The number of hydrogen-bond donors (Lipinski definition) is 1. The van der Waals surface area contributed by atoms with Gasteiger partial charge in [-0.15, -0.1) is 0 Å². The molecule has 1 atom stereocenters. The van der Waals surface area contributed by atoms with Crippen molar-refractivity contribution in [3.63, 3.8) is 0 Å². The van der Waals surface area contributed by atoms with E-state index in [1.54, 1.807) is 34.1 Å². The van der Waals surface area contributed by atoms with E-state index in [9.17, 15) is 18.8 Å². The number of amides is 2. The van der Waals surface area contributed by atoms with Crippen molar-refractivity contribution in [2.75, 3.05) is 26.2 Å². The summed E-state index contributed by atoms with van der Waals surface area (Å²) < 4.78 is 14.1. The van der Waals surface area contributed by atoms with Crippen LogP contribution in [-0.2, 0) is 11.2 Å². The van der Waals surface area contributed by atoms with Gasteiger partial charge in [0.05, 0.1) is 5.92 Å². The molecular formula is C26H26FN3O3. The number of hydrogen-bond acceptors (Lipinski definition) is 3. The molecule has 0 aliphatic carbocycles. The molecule has 1 aromatic heterocycles. The Labute approximate surface area is 191 Å². The Morgan fingerprint density at radius 2 is 1.79 bits per heavy atom. The summed E-state index contributed by atoms with van der Waals surface area (Å²) >= 11 is 0. The van der Waals surface area contributed by atoms with Crippen LogP contribution in [0.15, 0.2) is 71.7 Å². The smallest absolute Gasteiger partial charge is 0.260 e. The first-order chi connectivity index (χ1) is 16.0. The molecule has 2 heterocycles. The first-order valence-electron chi connectivity index (χ1n) is 11.1. The number of carbonyl (C=O) groups excluding carboxylic acids is 2. The predicted octanol–water partition coefficient (Wildman–Crippen LogP) is 3.34. The summed E-state index contributed by atoms with van der Waals surface area (Å²) in [6.07, 6.45) is 1.93. The Bertz CT molecular complexity index is 1210. The molecule has 2 amide bonds. The molecule has 0 radical (unpaired) electrons. The summed E-state index contributed by atoms with van der Waals surface area (Å²) in [6, 6.07) is 17.2. The molecule has 170 valence electrons. The van der Waals surface area contributed by atoms with Crippen molar-refractivity contribution >= 4 is 11.8 Å². The van der Waals surface area contributed by atoms with E-state index in [0.717, 1.165) is 11.1 Å². The van der Waals surface area contributed by atoms with Gasteiger partial charge in [-0.25, -0.2) is 4.39 Å². The van der Waals surface area contributed by atoms with Crippen molar-refractivity contribution in [1.29, 1.82) is 0 Å². The number of aromatic amines is 1. The number of halogens is 1. The van der Waals surface area contributed by atoms with Gasteiger partial charge < -0.3 is 14.8 Å². The third-order valence-electron chi connectivity index (χ3n) is 6.08. The van der Waals surface area contributed by atoms with Crippen LogP contribution < -0.4 is 5.56 Å². The molecule has 6 nitrogen and oxygen atoms in total. The Morgan fingerprint density at radius 1 is 1.03 bits per heavy atom. The minimum Gasteiger partial charge on any atom is -0.341 e. The second kappa shape index (κ2) is 9.81. The standard InChI is InChI=1S/C26H26FN3O3/c1-2-29-14-15-30(26(33)22-7-5-13-28-24(22)31)17-20(25(29)32)16-18-9-11-19(12-10-18)21-6-3-4-8-23(21)27/h3-13,20H,2,14-17H2,1H3,(H,28,31)/t20-/m0/s1. The van der Waals surface area contributed by atoms with Crippen LogP contribution in [0.25, 0.3) is 11.1 Å². The van der Waals surface area contributed by atoms with Crippen LogP contribution in [0.2, 0.25) is 0 Å². The molecule has 0 unspecified atom stereocenters. The molecular weight excluding hydrogens is 421 g/mol. The lowest BCUT2D eigenvalue weighted by Crippen LogP contribution is -2.39. The molecule has 3 aromatic rings. The molecule has 0 bridgehead atoms. The van der Waals surface area contributed by atoms with Crippen molar-refractivity contribution in [3.8, 4) is 11.1 Å². The topological polar surface area (TPSA) is 73.5 Å². The average Bonchev–Trinajstić information content (AvgIpc) is 2.98. The second-order valence-corrected chi connectivity index (χ2v) is 8.16. The number of nitrogens with one attached hydrogen (secondary N) is 1. The van der Waals surface area contributed by atoms with Gasteiger partial charge in [-0.05, 0) is 42.7 Å². The normalized spacial score (nSPS) is 16.5. The molecule has 1 aliphatic rings. The zero-order valence-corrected chi connectivity index (χ0v) is 18.5. The van der Waals surface area contributed by atoms with Crippen LogP contribution in [0.3, 0.4) is 0 Å². The lowest BCUT2D eigenvalue weighted by atomic mass is 9.95. The van der Waals surface area contributed by atoms with Gasteiger partial charge in [-0.1, -0.05) is 42.5 Å². The van der Waals surface area contributed by atoms with Gasteiger partial charge in [0.25, 0.3) is 11.5 Å². The summed E-state index contributed by atoms with van der Waals surface area (Å²) in [5.41, 5.74) is 1.85. The highest BCUT2D eigenvalue weighted by molar-refractivity contribution is 5.94. The monoisotopic (exact) mass is 447 g/mol. The highest BCUT2D eigenvalue weighted by Crippen LogP contribution is 2.24. The van der Waals surface area contributed by atoms with Crippen molar-refractivity contribution in [1.82, 2.24) is 14.8 Å². The van der Waals surface area contributed by atoms with E-state index in [1.807, 2.05) is 31.2 Å². The van der Waals surface area contributed by atoms with E-state index in [1.165, 1.54) is 18.3 Å².